The molecule has 1 aromatic heterocycles. The summed E-state index contributed by atoms with van der Waals surface area (Å²) in [4.78, 5) is 1.60. The standard InChI is InChI=1S/C11H11N3OS/c12-8-6-9(7-4-2-1-3-5-7)16-10(8)11(13)14-15/h1-6,15H,12H2,(H2,13,14). The minimum Gasteiger partial charge on any atom is -0.409 e. The van der Waals surface area contributed by atoms with E-state index in [2.05, 4.69) is 5.16 Å². The molecule has 0 radical (unpaired) electrons. The topological polar surface area (TPSA) is 84.6 Å². The Hall–Kier alpha value is -2.01. The van der Waals surface area contributed by atoms with E-state index in [1.165, 1.54) is 11.3 Å². The van der Waals surface area contributed by atoms with Crippen LogP contribution in [0.3, 0.4) is 0 Å². The van der Waals surface area contributed by atoms with Crippen molar-refractivity contribution in [3.05, 3.63) is 41.3 Å². The monoisotopic (exact) mass is 233 g/mol. The molecule has 0 aliphatic carbocycles. The van der Waals surface area contributed by atoms with Crippen molar-refractivity contribution in [1.29, 1.82) is 0 Å². The van der Waals surface area contributed by atoms with Gasteiger partial charge in [-0.25, -0.2) is 0 Å². The molecule has 0 aliphatic heterocycles. The number of nitrogens with zero attached hydrogens (tertiary/aromatic N) is 1. The van der Waals surface area contributed by atoms with E-state index >= 15 is 0 Å². The van der Waals surface area contributed by atoms with Crippen LogP contribution in [0.1, 0.15) is 4.88 Å². The molecule has 1 heterocycles. The zero-order valence-corrected chi connectivity index (χ0v) is 9.24. The molecule has 0 saturated carbocycles. The molecule has 0 spiro atoms. The molecule has 0 bridgehead atoms. The zero-order valence-electron chi connectivity index (χ0n) is 8.42. The average Bonchev–Trinajstić information content (AvgIpc) is 2.71. The van der Waals surface area contributed by atoms with Crippen LogP contribution in [0.25, 0.3) is 10.4 Å². The van der Waals surface area contributed by atoms with Gasteiger partial charge in [0, 0.05) is 4.88 Å². The van der Waals surface area contributed by atoms with E-state index in [1.807, 2.05) is 36.4 Å². The first kappa shape index (κ1) is 10.5. The van der Waals surface area contributed by atoms with Crippen molar-refractivity contribution in [2.75, 3.05) is 5.73 Å². The Balaban J connectivity index is 2.46. The molecular formula is C11H11N3OS. The second kappa shape index (κ2) is 4.24. The summed E-state index contributed by atoms with van der Waals surface area (Å²) in [7, 11) is 0. The number of nitrogen functional groups attached to an aromatic ring is 1. The molecule has 0 fully saturated rings. The van der Waals surface area contributed by atoms with Gasteiger partial charge in [-0.15, -0.1) is 11.3 Å². The molecule has 0 atom stereocenters. The van der Waals surface area contributed by atoms with Crippen molar-refractivity contribution in [2.45, 2.75) is 0 Å². The molecule has 1 aromatic carbocycles. The highest BCUT2D eigenvalue weighted by molar-refractivity contribution is 7.18. The van der Waals surface area contributed by atoms with E-state index in [0.29, 0.717) is 10.6 Å². The summed E-state index contributed by atoms with van der Waals surface area (Å²) in [6.07, 6.45) is 0. The Kier molecular flexibility index (Phi) is 2.78. The third kappa shape index (κ3) is 1.85. The van der Waals surface area contributed by atoms with Gasteiger partial charge >= 0.3 is 0 Å². The van der Waals surface area contributed by atoms with Crippen LogP contribution in [-0.4, -0.2) is 11.0 Å². The van der Waals surface area contributed by atoms with Crippen molar-refractivity contribution in [3.63, 3.8) is 0 Å². The van der Waals surface area contributed by atoms with E-state index in [9.17, 15) is 0 Å². The van der Waals surface area contributed by atoms with Crippen molar-refractivity contribution < 1.29 is 5.21 Å². The fraction of sp³-hybridized carbons (Fsp3) is 0. The lowest BCUT2D eigenvalue weighted by Crippen LogP contribution is -2.12. The van der Waals surface area contributed by atoms with Crippen LogP contribution in [0.4, 0.5) is 5.69 Å². The second-order valence-corrected chi connectivity index (χ2v) is 4.30. The quantitative estimate of drug-likeness (QED) is 0.321. The van der Waals surface area contributed by atoms with Gasteiger partial charge in [0.05, 0.1) is 10.6 Å². The maximum atomic E-state index is 8.61. The van der Waals surface area contributed by atoms with Crippen molar-refractivity contribution in [3.8, 4) is 10.4 Å². The number of oxime groups is 1. The number of hydrogen-bond acceptors (Lipinski definition) is 4. The normalized spacial score (nSPS) is 11.6. The molecule has 0 saturated heterocycles. The number of nitrogens with two attached hydrogens (primary N) is 2. The number of benzene rings is 1. The molecule has 0 unspecified atom stereocenters. The molecule has 4 nitrogen and oxygen atoms in total. The van der Waals surface area contributed by atoms with E-state index in [0.717, 1.165) is 10.4 Å². The van der Waals surface area contributed by atoms with E-state index in [4.69, 9.17) is 16.7 Å². The van der Waals surface area contributed by atoms with Crippen molar-refractivity contribution in [1.82, 2.24) is 0 Å². The lowest BCUT2D eigenvalue weighted by atomic mass is 10.2. The number of thiophene rings is 1. The Morgan fingerprint density at radius 3 is 2.56 bits per heavy atom. The second-order valence-electron chi connectivity index (χ2n) is 3.25. The number of amidine groups is 1. The molecule has 82 valence electrons. The molecule has 0 amide bonds. The fourth-order valence-corrected chi connectivity index (χ4v) is 2.38. The third-order valence-electron chi connectivity index (χ3n) is 2.16. The summed E-state index contributed by atoms with van der Waals surface area (Å²) in [6.45, 7) is 0. The largest absolute Gasteiger partial charge is 0.409 e. The van der Waals surface area contributed by atoms with E-state index in [-0.39, 0.29) is 5.84 Å². The van der Waals surface area contributed by atoms with Gasteiger partial charge in [0.2, 0.25) is 0 Å². The summed E-state index contributed by atoms with van der Waals surface area (Å²) in [5.74, 6) is 0.0460. The Morgan fingerprint density at radius 2 is 1.94 bits per heavy atom. The van der Waals surface area contributed by atoms with E-state index in [1.54, 1.807) is 0 Å². The van der Waals surface area contributed by atoms with Crippen molar-refractivity contribution in [2.24, 2.45) is 10.9 Å². The Bertz CT molecular complexity index is 519. The number of hydrogen-bond donors (Lipinski definition) is 3. The molecule has 2 rings (SSSR count). The average molecular weight is 233 g/mol. The van der Waals surface area contributed by atoms with Crippen molar-refractivity contribution >= 4 is 22.9 Å². The van der Waals surface area contributed by atoms with Gasteiger partial charge in [-0.2, -0.15) is 0 Å². The first-order valence-electron chi connectivity index (χ1n) is 4.65. The van der Waals surface area contributed by atoms with Gasteiger partial charge in [0.1, 0.15) is 0 Å². The van der Waals surface area contributed by atoms with Crippen LogP contribution in [0, 0.1) is 0 Å². The first-order valence-corrected chi connectivity index (χ1v) is 5.46. The van der Waals surface area contributed by atoms with E-state index < -0.39 is 0 Å². The Labute approximate surface area is 96.8 Å². The molecule has 5 N–H and O–H groups in total. The lowest BCUT2D eigenvalue weighted by molar-refractivity contribution is 0.319. The van der Waals surface area contributed by atoms with Crippen LogP contribution < -0.4 is 11.5 Å². The maximum absolute atomic E-state index is 8.61. The van der Waals surface area contributed by atoms with Crippen LogP contribution in [0.5, 0.6) is 0 Å². The minimum absolute atomic E-state index is 0.0460. The fourth-order valence-electron chi connectivity index (χ4n) is 1.40. The minimum atomic E-state index is 0.0460. The third-order valence-corrected chi connectivity index (χ3v) is 3.38. The first-order chi connectivity index (χ1) is 7.72. The summed E-state index contributed by atoms with van der Waals surface area (Å²) in [5, 5.41) is 11.6. The Morgan fingerprint density at radius 1 is 1.25 bits per heavy atom. The van der Waals surface area contributed by atoms with Gasteiger partial charge in [-0.1, -0.05) is 35.5 Å². The molecule has 5 heteroatoms. The molecule has 16 heavy (non-hydrogen) atoms. The predicted molar refractivity (Wildman–Crippen MR) is 66.7 cm³/mol. The number of rotatable bonds is 2. The lowest BCUT2D eigenvalue weighted by Gasteiger charge is -1.95. The van der Waals surface area contributed by atoms with Crippen LogP contribution in [0.2, 0.25) is 0 Å². The van der Waals surface area contributed by atoms with Crippen LogP contribution in [-0.2, 0) is 0 Å². The summed E-state index contributed by atoms with van der Waals surface area (Å²) in [5.41, 5.74) is 12.9. The van der Waals surface area contributed by atoms with Crippen LogP contribution >= 0.6 is 11.3 Å². The summed E-state index contributed by atoms with van der Waals surface area (Å²) >= 11 is 1.40. The zero-order chi connectivity index (χ0) is 11.5. The molecule has 0 aliphatic rings. The highest BCUT2D eigenvalue weighted by Crippen LogP contribution is 2.32. The van der Waals surface area contributed by atoms with Gasteiger partial charge in [-0.05, 0) is 11.6 Å². The van der Waals surface area contributed by atoms with Gasteiger partial charge in [0.25, 0.3) is 0 Å². The maximum Gasteiger partial charge on any atom is 0.182 e. The molecule has 2 aromatic rings. The predicted octanol–water partition coefficient (Wildman–Crippen LogP) is 2.09. The van der Waals surface area contributed by atoms with Gasteiger partial charge in [0.15, 0.2) is 5.84 Å². The molecular weight excluding hydrogens is 222 g/mol. The van der Waals surface area contributed by atoms with Gasteiger partial charge in [-0.3, -0.25) is 0 Å². The summed E-state index contributed by atoms with van der Waals surface area (Å²) < 4.78 is 0. The summed E-state index contributed by atoms with van der Waals surface area (Å²) in [6, 6.07) is 11.7. The highest BCUT2D eigenvalue weighted by Gasteiger charge is 2.11. The number of anilines is 1. The SMILES string of the molecule is NC(=NO)c1sc(-c2ccccc2)cc1N. The smallest absolute Gasteiger partial charge is 0.182 e. The van der Waals surface area contributed by atoms with Crippen LogP contribution in [0.15, 0.2) is 41.6 Å². The van der Waals surface area contributed by atoms with Gasteiger partial charge < -0.3 is 16.7 Å². The highest BCUT2D eigenvalue weighted by atomic mass is 32.1.